The van der Waals surface area contributed by atoms with Gasteiger partial charge in [-0.25, -0.2) is 0 Å². The van der Waals surface area contributed by atoms with E-state index in [0.29, 0.717) is 0 Å². The molecular formula is C15H21N3. The maximum absolute atomic E-state index is 6.21. The van der Waals surface area contributed by atoms with Crippen molar-refractivity contribution in [2.45, 2.75) is 32.7 Å². The van der Waals surface area contributed by atoms with Crippen molar-refractivity contribution >= 4 is 0 Å². The fraction of sp³-hybridized carbons (Fsp3) is 0.400. The summed E-state index contributed by atoms with van der Waals surface area (Å²) in [6.45, 7) is 4.26. The van der Waals surface area contributed by atoms with E-state index in [1.165, 1.54) is 22.3 Å². The summed E-state index contributed by atoms with van der Waals surface area (Å²) in [6.07, 6.45) is 5.71. The quantitative estimate of drug-likeness (QED) is 0.894. The zero-order valence-electron chi connectivity index (χ0n) is 11.4. The normalized spacial score (nSPS) is 12.7. The van der Waals surface area contributed by atoms with Crippen LogP contribution in [0.5, 0.6) is 0 Å². The van der Waals surface area contributed by atoms with E-state index in [2.05, 4.69) is 37.1 Å². The first-order chi connectivity index (χ1) is 8.52. The number of aryl methyl sites for hydroxylation is 3. The highest BCUT2D eigenvalue weighted by molar-refractivity contribution is 5.29. The molecule has 0 radical (unpaired) electrons. The second kappa shape index (κ2) is 5.36. The van der Waals surface area contributed by atoms with Crippen molar-refractivity contribution in [3.8, 4) is 0 Å². The Labute approximate surface area is 109 Å². The van der Waals surface area contributed by atoms with Gasteiger partial charge in [-0.2, -0.15) is 5.10 Å². The van der Waals surface area contributed by atoms with E-state index >= 15 is 0 Å². The van der Waals surface area contributed by atoms with E-state index in [9.17, 15) is 0 Å². The zero-order valence-corrected chi connectivity index (χ0v) is 11.4. The van der Waals surface area contributed by atoms with Crippen LogP contribution < -0.4 is 5.73 Å². The molecule has 1 atom stereocenters. The van der Waals surface area contributed by atoms with Gasteiger partial charge in [-0.15, -0.1) is 0 Å². The van der Waals surface area contributed by atoms with Crippen molar-refractivity contribution in [2.24, 2.45) is 12.8 Å². The highest BCUT2D eigenvalue weighted by atomic mass is 15.2. The number of nitrogens with two attached hydrogens (primary N) is 1. The van der Waals surface area contributed by atoms with Gasteiger partial charge in [-0.1, -0.05) is 29.3 Å². The Morgan fingerprint density at radius 1 is 1.11 bits per heavy atom. The average molecular weight is 243 g/mol. The smallest absolute Gasteiger partial charge is 0.0522 e. The SMILES string of the molecule is Cc1cc(C)cc(CC(N)Cc2cnn(C)c2)c1. The van der Waals surface area contributed by atoms with Crippen molar-refractivity contribution in [3.63, 3.8) is 0 Å². The first-order valence-electron chi connectivity index (χ1n) is 6.33. The predicted octanol–water partition coefficient (Wildman–Crippen LogP) is 2.15. The van der Waals surface area contributed by atoms with Gasteiger partial charge >= 0.3 is 0 Å². The van der Waals surface area contributed by atoms with Crippen LogP contribution in [0.25, 0.3) is 0 Å². The lowest BCUT2D eigenvalue weighted by Crippen LogP contribution is -2.25. The largest absolute Gasteiger partial charge is 0.327 e. The summed E-state index contributed by atoms with van der Waals surface area (Å²) in [7, 11) is 1.93. The lowest BCUT2D eigenvalue weighted by atomic mass is 9.98. The third-order valence-electron chi connectivity index (χ3n) is 3.04. The number of benzene rings is 1. The molecule has 2 N–H and O–H groups in total. The molecule has 1 aromatic carbocycles. The molecule has 0 saturated carbocycles. The highest BCUT2D eigenvalue weighted by Gasteiger charge is 2.07. The van der Waals surface area contributed by atoms with Crippen molar-refractivity contribution < 1.29 is 0 Å². The summed E-state index contributed by atoms with van der Waals surface area (Å²) in [4.78, 5) is 0. The number of rotatable bonds is 4. The van der Waals surface area contributed by atoms with Crippen LogP contribution in [0.4, 0.5) is 0 Å². The van der Waals surface area contributed by atoms with E-state index in [1.54, 1.807) is 0 Å². The predicted molar refractivity (Wildman–Crippen MR) is 74.5 cm³/mol. The van der Waals surface area contributed by atoms with E-state index in [1.807, 2.05) is 24.1 Å². The van der Waals surface area contributed by atoms with Gasteiger partial charge < -0.3 is 5.73 Å². The van der Waals surface area contributed by atoms with Gasteiger partial charge in [0.1, 0.15) is 0 Å². The molecule has 3 nitrogen and oxygen atoms in total. The summed E-state index contributed by atoms with van der Waals surface area (Å²) in [5.74, 6) is 0. The topological polar surface area (TPSA) is 43.8 Å². The molecule has 2 rings (SSSR count). The molecule has 96 valence electrons. The van der Waals surface area contributed by atoms with E-state index in [-0.39, 0.29) is 6.04 Å². The molecular weight excluding hydrogens is 222 g/mol. The van der Waals surface area contributed by atoms with Crippen LogP contribution in [-0.2, 0) is 19.9 Å². The second-order valence-corrected chi connectivity index (χ2v) is 5.19. The lowest BCUT2D eigenvalue weighted by molar-refractivity contribution is 0.663. The molecule has 0 spiro atoms. The van der Waals surface area contributed by atoms with Gasteiger partial charge in [0.15, 0.2) is 0 Å². The minimum atomic E-state index is 0.149. The van der Waals surface area contributed by atoms with Gasteiger partial charge in [0.2, 0.25) is 0 Å². The van der Waals surface area contributed by atoms with Crippen molar-refractivity contribution in [3.05, 3.63) is 52.8 Å². The van der Waals surface area contributed by atoms with E-state index < -0.39 is 0 Å². The molecule has 1 aromatic heterocycles. The molecule has 0 bridgehead atoms. The van der Waals surface area contributed by atoms with Crippen LogP contribution in [0.2, 0.25) is 0 Å². The van der Waals surface area contributed by atoms with E-state index in [4.69, 9.17) is 5.73 Å². The molecule has 3 heteroatoms. The average Bonchev–Trinajstić information content (AvgIpc) is 2.61. The molecule has 0 aliphatic heterocycles. The molecule has 1 unspecified atom stereocenters. The molecule has 1 heterocycles. The Bertz CT molecular complexity index is 508. The Morgan fingerprint density at radius 3 is 2.28 bits per heavy atom. The molecule has 2 aromatic rings. The summed E-state index contributed by atoms with van der Waals surface area (Å²) in [6, 6.07) is 6.78. The Balaban J connectivity index is 2.00. The van der Waals surface area contributed by atoms with Crippen LogP contribution in [0.1, 0.15) is 22.3 Å². The van der Waals surface area contributed by atoms with E-state index in [0.717, 1.165) is 12.8 Å². The highest BCUT2D eigenvalue weighted by Crippen LogP contribution is 2.12. The Morgan fingerprint density at radius 2 is 1.72 bits per heavy atom. The third kappa shape index (κ3) is 3.44. The van der Waals surface area contributed by atoms with Crippen LogP contribution in [0.15, 0.2) is 30.6 Å². The Kier molecular flexibility index (Phi) is 3.82. The van der Waals surface area contributed by atoms with Gasteiger partial charge in [0.05, 0.1) is 6.20 Å². The molecule has 0 fully saturated rings. The van der Waals surface area contributed by atoms with Crippen LogP contribution in [0.3, 0.4) is 0 Å². The summed E-state index contributed by atoms with van der Waals surface area (Å²) < 4.78 is 1.82. The molecule has 18 heavy (non-hydrogen) atoms. The first-order valence-corrected chi connectivity index (χ1v) is 6.33. The number of nitrogens with zero attached hydrogens (tertiary/aromatic N) is 2. The number of aromatic nitrogens is 2. The Hall–Kier alpha value is -1.61. The zero-order chi connectivity index (χ0) is 13.1. The summed E-state index contributed by atoms with van der Waals surface area (Å²) in [5, 5.41) is 4.17. The van der Waals surface area contributed by atoms with Crippen LogP contribution in [0, 0.1) is 13.8 Å². The fourth-order valence-corrected chi connectivity index (χ4v) is 2.44. The van der Waals surface area contributed by atoms with Gasteiger partial charge in [-0.3, -0.25) is 4.68 Å². The van der Waals surface area contributed by atoms with Crippen molar-refractivity contribution in [1.29, 1.82) is 0 Å². The molecule has 0 aliphatic rings. The molecule has 0 aliphatic carbocycles. The van der Waals surface area contributed by atoms with Crippen LogP contribution in [-0.4, -0.2) is 15.8 Å². The molecule has 0 amide bonds. The first kappa shape index (κ1) is 12.8. The van der Waals surface area contributed by atoms with Gasteiger partial charge in [0.25, 0.3) is 0 Å². The lowest BCUT2D eigenvalue weighted by Gasteiger charge is -2.11. The van der Waals surface area contributed by atoms with Crippen molar-refractivity contribution in [1.82, 2.24) is 9.78 Å². The summed E-state index contributed by atoms with van der Waals surface area (Å²) in [5.41, 5.74) is 11.3. The number of hydrogen-bond donors (Lipinski definition) is 1. The number of hydrogen-bond acceptors (Lipinski definition) is 2. The monoisotopic (exact) mass is 243 g/mol. The third-order valence-corrected chi connectivity index (χ3v) is 3.04. The standard InChI is InChI=1S/C15H21N3/c1-11-4-12(2)6-13(5-11)7-15(16)8-14-9-17-18(3)10-14/h4-6,9-10,15H,7-8,16H2,1-3H3. The fourth-order valence-electron chi connectivity index (χ4n) is 2.44. The summed E-state index contributed by atoms with van der Waals surface area (Å²) >= 11 is 0. The van der Waals surface area contributed by atoms with Crippen LogP contribution >= 0.6 is 0 Å². The minimum absolute atomic E-state index is 0.149. The molecule has 0 saturated heterocycles. The van der Waals surface area contributed by atoms with Gasteiger partial charge in [-0.05, 0) is 37.8 Å². The van der Waals surface area contributed by atoms with Gasteiger partial charge in [0, 0.05) is 19.3 Å². The minimum Gasteiger partial charge on any atom is -0.327 e. The maximum Gasteiger partial charge on any atom is 0.0522 e. The van der Waals surface area contributed by atoms with Crippen molar-refractivity contribution in [2.75, 3.05) is 0 Å². The second-order valence-electron chi connectivity index (χ2n) is 5.19. The maximum atomic E-state index is 6.21.